The lowest BCUT2D eigenvalue weighted by Gasteiger charge is -2.12. The number of nitrogens with zero attached hydrogens (tertiary/aromatic N) is 1. The van der Waals surface area contributed by atoms with Crippen LogP contribution >= 0.6 is 11.6 Å². The van der Waals surface area contributed by atoms with Crippen LogP contribution in [-0.2, 0) is 9.59 Å². The van der Waals surface area contributed by atoms with Gasteiger partial charge in [-0.2, -0.15) is 5.10 Å². The number of benzene rings is 2. The molecule has 0 fully saturated rings. The van der Waals surface area contributed by atoms with Gasteiger partial charge in [-0.25, -0.2) is 5.43 Å². The summed E-state index contributed by atoms with van der Waals surface area (Å²) in [7, 11) is 4.55. The average molecular weight is 434 g/mol. The molecule has 0 radical (unpaired) electrons. The van der Waals surface area contributed by atoms with Crippen LogP contribution < -0.4 is 25.0 Å². The Morgan fingerprint density at radius 1 is 0.967 bits per heavy atom. The Kier molecular flexibility index (Phi) is 8.96. The van der Waals surface area contributed by atoms with E-state index in [1.54, 1.807) is 36.4 Å². The lowest BCUT2D eigenvalue weighted by atomic mass is 10.2. The fraction of sp³-hybridized carbons (Fsp3) is 0.286. The summed E-state index contributed by atoms with van der Waals surface area (Å²) in [6.45, 7) is 0. The highest BCUT2D eigenvalue weighted by molar-refractivity contribution is 6.30. The number of amides is 2. The number of hydrazone groups is 1. The maximum absolute atomic E-state index is 11.9. The molecule has 2 N–H and O–H groups in total. The van der Waals surface area contributed by atoms with Gasteiger partial charge in [-0.05, 0) is 42.8 Å². The average Bonchev–Trinajstić information content (AvgIpc) is 2.74. The normalized spacial score (nSPS) is 10.5. The van der Waals surface area contributed by atoms with Crippen LogP contribution in [0.4, 0.5) is 5.69 Å². The van der Waals surface area contributed by atoms with E-state index in [9.17, 15) is 9.59 Å². The summed E-state index contributed by atoms with van der Waals surface area (Å²) in [4.78, 5) is 23.8. The van der Waals surface area contributed by atoms with Gasteiger partial charge >= 0.3 is 0 Å². The number of rotatable bonds is 10. The fourth-order valence-corrected chi connectivity index (χ4v) is 2.70. The number of nitrogens with one attached hydrogen (secondary N) is 2. The number of halogens is 1. The number of methoxy groups -OCH3 is 3. The minimum absolute atomic E-state index is 0.167. The van der Waals surface area contributed by atoms with Crippen LogP contribution in [0.25, 0.3) is 0 Å². The lowest BCUT2D eigenvalue weighted by molar-refractivity contribution is -0.121. The lowest BCUT2D eigenvalue weighted by Crippen LogP contribution is -2.18. The predicted octanol–water partition coefficient (Wildman–Crippen LogP) is 3.62. The summed E-state index contributed by atoms with van der Waals surface area (Å²) in [5.74, 6) is 0.967. The number of anilines is 1. The van der Waals surface area contributed by atoms with E-state index >= 15 is 0 Å². The molecule has 0 unspecified atom stereocenters. The molecule has 0 aliphatic heterocycles. The van der Waals surface area contributed by atoms with Crippen molar-refractivity contribution in [2.24, 2.45) is 5.10 Å². The van der Waals surface area contributed by atoms with Gasteiger partial charge in [0.2, 0.25) is 17.6 Å². The highest BCUT2D eigenvalue weighted by atomic mass is 35.5. The number of carbonyl (C=O) groups excluding carboxylic acids is 2. The van der Waals surface area contributed by atoms with Crippen molar-refractivity contribution in [3.63, 3.8) is 0 Å². The summed E-state index contributed by atoms with van der Waals surface area (Å²) >= 11 is 5.80. The van der Waals surface area contributed by atoms with Crippen molar-refractivity contribution in [3.8, 4) is 17.2 Å². The third-order valence-electron chi connectivity index (χ3n) is 4.03. The summed E-state index contributed by atoms with van der Waals surface area (Å²) in [6.07, 6.45) is 2.24. The van der Waals surface area contributed by atoms with Crippen LogP contribution in [0.15, 0.2) is 41.5 Å². The van der Waals surface area contributed by atoms with Crippen LogP contribution in [0.1, 0.15) is 24.8 Å². The molecule has 2 aromatic rings. The number of ether oxygens (including phenoxy) is 3. The zero-order valence-corrected chi connectivity index (χ0v) is 17.8. The van der Waals surface area contributed by atoms with E-state index < -0.39 is 0 Å². The van der Waals surface area contributed by atoms with Crippen molar-refractivity contribution in [3.05, 3.63) is 47.0 Å². The molecule has 30 heavy (non-hydrogen) atoms. The van der Waals surface area contributed by atoms with E-state index in [1.165, 1.54) is 27.5 Å². The van der Waals surface area contributed by atoms with Crippen molar-refractivity contribution in [1.29, 1.82) is 0 Å². The van der Waals surface area contributed by atoms with Crippen LogP contribution in [0.2, 0.25) is 5.02 Å². The van der Waals surface area contributed by atoms with Crippen molar-refractivity contribution in [2.75, 3.05) is 26.6 Å². The Bertz CT molecular complexity index is 875. The van der Waals surface area contributed by atoms with Gasteiger partial charge in [0.15, 0.2) is 11.5 Å². The van der Waals surface area contributed by atoms with Gasteiger partial charge in [0.1, 0.15) is 0 Å². The van der Waals surface area contributed by atoms with Gasteiger partial charge < -0.3 is 19.5 Å². The third kappa shape index (κ3) is 6.97. The van der Waals surface area contributed by atoms with Crippen LogP contribution in [0.3, 0.4) is 0 Å². The Morgan fingerprint density at radius 2 is 1.57 bits per heavy atom. The molecule has 9 heteroatoms. The molecule has 8 nitrogen and oxygen atoms in total. The molecule has 0 saturated heterocycles. The third-order valence-corrected chi connectivity index (χ3v) is 4.28. The minimum atomic E-state index is -0.294. The highest BCUT2D eigenvalue weighted by Gasteiger charge is 2.12. The topological polar surface area (TPSA) is 98.2 Å². The SMILES string of the molecule is COc1cc(C=NNC(=O)CCCC(=O)Nc2ccc(Cl)cc2)cc(OC)c1OC. The number of hydrogen-bond acceptors (Lipinski definition) is 6. The molecular weight excluding hydrogens is 410 g/mol. The zero-order valence-electron chi connectivity index (χ0n) is 17.0. The van der Waals surface area contributed by atoms with E-state index in [0.29, 0.717) is 39.9 Å². The first kappa shape index (κ1) is 23.0. The predicted molar refractivity (Wildman–Crippen MR) is 116 cm³/mol. The first-order valence-corrected chi connectivity index (χ1v) is 9.52. The van der Waals surface area contributed by atoms with E-state index in [2.05, 4.69) is 15.8 Å². The molecule has 2 amide bonds. The van der Waals surface area contributed by atoms with Gasteiger partial charge in [-0.15, -0.1) is 0 Å². The molecule has 0 aliphatic rings. The van der Waals surface area contributed by atoms with Gasteiger partial charge in [0.25, 0.3) is 0 Å². The summed E-state index contributed by atoms with van der Waals surface area (Å²) in [6, 6.07) is 10.2. The van der Waals surface area contributed by atoms with Crippen LogP contribution in [0, 0.1) is 0 Å². The fourth-order valence-electron chi connectivity index (χ4n) is 2.58. The van der Waals surface area contributed by atoms with Crippen LogP contribution in [0.5, 0.6) is 17.2 Å². The standard InChI is InChI=1S/C21H24ClN3O5/c1-28-17-11-14(12-18(29-2)21(17)30-3)13-23-25-20(27)6-4-5-19(26)24-16-9-7-15(22)8-10-16/h7-13H,4-6H2,1-3H3,(H,24,26)(H,25,27). The molecule has 0 atom stereocenters. The molecule has 2 rings (SSSR count). The summed E-state index contributed by atoms with van der Waals surface area (Å²) in [5.41, 5.74) is 3.75. The molecule has 0 aliphatic carbocycles. The Morgan fingerprint density at radius 3 is 2.13 bits per heavy atom. The first-order chi connectivity index (χ1) is 14.5. The second kappa shape index (κ2) is 11.7. The molecule has 2 aromatic carbocycles. The Hall–Kier alpha value is -3.26. The zero-order chi connectivity index (χ0) is 21.9. The van der Waals surface area contributed by atoms with Crippen molar-refractivity contribution in [2.45, 2.75) is 19.3 Å². The van der Waals surface area contributed by atoms with Crippen molar-refractivity contribution in [1.82, 2.24) is 5.43 Å². The van der Waals surface area contributed by atoms with E-state index in [1.807, 2.05) is 0 Å². The molecule has 0 aromatic heterocycles. The molecule has 0 spiro atoms. The van der Waals surface area contributed by atoms with Gasteiger partial charge in [-0.3, -0.25) is 9.59 Å². The Labute approximate surface area is 180 Å². The molecule has 0 heterocycles. The number of carbonyl (C=O) groups is 2. The quantitative estimate of drug-likeness (QED) is 0.440. The monoisotopic (exact) mass is 433 g/mol. The summed E-state index contributed by atoms with van der Waals surface area (Å²) in [5, 5.41) is 7.27. The minimum Gasteiger partial charge on any atom is -0.493 e. The van der Waals surface area contributed by atoms with E-state index in [-0.39, 0.29) is 24.7 Å². The van der Waals surface area contributed by atoms with Crippen molar-refractivity contribution < 1.29 is 23.8 Å². The largest absolute Gasteiger partial charge is 0.493 e. The first-order valence-electron chi connectivity index (χ1n) is 9.14. The van der Waals surface area contributed by atoms with E-state index in [0.717, 1.165) is 0 Å². The molecule has 0 bridgehead atoms. The maximum Gasteiger partial charge on any atom is 0.240 e. The second-order valence-electron chi connectivity index (χ2n) is 6.16. The summed E-state index contributed by atoms with van der Waals surface area (Å²) < 4.78 is 15.8. The van der Waals surface area contributed by atoms with E-state index in [4.69, 9.17) is 25.8 Å². The smallest absolute Gasteiger partial charge is 0.240 e. The molecular formula is C21H24ClN3O5. The highest BCUT2D eigenvalue weighted by Crippen LogP contribution is 2.37. The van der Waals surface area contributed by atoms with Gasteiger partial charge in [-0.1, -0.05) is 11.6 Å². The second-order valence-corrected chi connectivity index (χ2v) is 6.60. The van der Waals surface area contributed by atoms with Gasteiger partial charge in [0, 0.05) is 29.1 Å². The van der Waals surface area contributed by atoms with Crippen molar-refractivity contribution >= 4 is 35.3 Å². The molecule has 160 valence electrons. The number of hydrogen-bond donors (Lipinski definition) is 2. The van der Waals surface area contributed by atoms with Crippen LogP contribution in [-0.4, -0.2) is 39.4 Å². The molecule has 0 saturated carbocycles. The van der Waals surface area contributed by atoms with Gasteiger partial charge in [0.05, 0.1) is 27.5 Å². The Balaban J connectivity index is 1.79. The maximum atomic E-state index is 11.9.